The van der Waals surface area contributed by atoms with Crippen LogP contribution in [-0.4, -0.2) is 0 Å². The highest BCUT2D eigenvalue weighted by Gasteiger charge is 1.95. The first-order valence-corrected chi connectivity index (χ1v) is 4.98. The van der Waals surface area contributed by atoms with Gasteiger partial charge in [-0.15, -0.1) is 6.42 Å². The van der Waals surface area contributed by atoms with E-state index in [1.165, 1.54) is 11.1 Å². The van der Waals surface area contributed by atoms with Gasteiger partial charge in [0.25, 0.3) is 0 Å². The number of benzene rings is 2. The largest absolute Gasteiger partial charge is 0.115 e. The average Bonchev–Trinajstić information content (AvgIpc) is 2.31. The monoisotopic (exact) mass is 192 g/mol. The van der Waals surface area contributed by atoms with Crippen molar-refractivity contribution < 1.29 is 0 Å². The molecule has 15 heavy (non-hydrogen) atoms. The molecule has 0 saturated carbocycles. The summed E-state index contributed by atoms with van der Waals surface area (Å²) in [6.45, 7) is 0. The first-order valence-electron chi connectivity index (χ1n) is 4.98. The van der Waals surface area contributed by atoms with E-state index in [1.54, 1.807) is 0 Å². The lowest BCUT2D eigenvalue weighted by atomic mass is 10.0. The lowest BCUT2D eigenvalue weighted by Crippen LogP contribution is -1.88. The highest BCUT2D eigenvalue weighted by molar-refractivity contribution is 5.37. The second kappa shape index (κ2) is 4.48. The number of hydrogen-bond acceptors (Lipinski definition) is 0. The Bertz CT molecular complexity index is 475. The van der Waals surface area contributed by atoms with Gasteiger partial charge in [-0.25, -0.2) is 0 Å². The van der Waals surface area contributed by atoms with Crippen molar-refractivity contribution in [3.63, 3.8) is 0 Å². The van der Waals surface area contributed by atoms with E-state index in [0.29, 0.717) is 0 Å². The molecular formula is C15H12. The maximum Gasteiger partial charge on any atom is 0.0245 e. The summed E-state index contributed by atoms with van der Waals surface area (Å²) in [5.74, 6) is 2.65. The number of terminal acetylenes is 1. The van der Waals surface area contributed by atoms with Crippen molar-refractivity contribution in [1.29, 1.82) is 0 Å². The van der Waals surface area contributed by atoms with Crippen LogP contribution in [0.2, 0.25) is 0 Å². The molecule has 0 saturated heterocycles. The Morgan fingerprint density at radius 1 is 0.867 bits per heavy atom. The zero-order valence-corrected chi connectivity index (χ0v) is 8.48. The van der Waals surface area contributed by atoms with E-state index in [2.05, 4.69) is 42.3 Å². The molecule has 2 aromatic rings. The van der Waals surface area contributed by atoms with E-state index in [0.717, 1.165) is 12.0 Å². The van der Waals surface area contributed by atoms with Gasteiger partial charge in [-0.2, -0.15) is 0 Å². The third-order valence-corrected chi connectivity index (χ3v) is 2.34. The smallest absolute Gasteiger partial charge is 0.0245 e. The minimum atomic E-state index is 0.941. The van der Waals surface area contributed by atoms with E-state index >= 15 is 0 Å². The fourth-order valence-electron chi connectivity index (χ4n) is 1.60. The van der Waals surface area contributed by atoms with Crippen LogP contribution in [0, 0.1) is 12.3 Å². The molecule has 0 aliphatic carbocycles. The van der Waals surface area contributed by atoms with Crippen molar-refractivity contribution in [3.8, 4) is 12.3 Å². The van der Waals surface area contributed by atoms with E-state index in [9.17, 15) is 0 Å². The molecule has 0 aliphatic rings. The SMILES string of the molecule is C#Cc1cccc(Cc2ccccc2)c1. The van der Waals surface area contributed by atoms with Crippen LogP contribution in [0.3, 0.4) is 0 Å². The van der Waals surface area contributed by atoms with Crippen molar-refractivity contribution in [2.45, 2.75) is 6.42 Å². The molecule has 0 amide bonds. The standard InChI is InChI=1S/C15H12/c1-2-13-9-6-10-15(11-13)12-14-7-4-3-5-8-14/h1,3-11H,12H2. The summed E-state index contributed by atoms with van der Waals surface area (Å²) in [6, 6.07) is 18.5. The Kier molecular flexibility index (Phi) is 2.85. The second-order valence-electron chi connectivity index (χ2n) is 3.51. The minimum Gasteiger partial charge on any atom is -0.115 e. The van der Waals surface area contributed by atoms with Crippen LogP contribution in [0.5, 0.6) is 0 Å². The Hall–Kier alpha value is -2.00. The van der Waals surface area contributed by atoms with Gasteiger partial charge in [-0.05, 0) is 29.7 Å². The molecule has 0 spiro atoms. The van der Waals surface area contributed by atoms with Gasteiger partial charge >= 0.3 is 0 Å². The summed E-state index contributed by atoms with van der Waals surface area (Å²) in [5.41, 5.74) is 3.52. The van der Waals surface area contributed by atoms with Crippen molar-refractivity contribution in [2.75, 3.05) is 0 Å². The lowest BCUT2D eigenvalue weighted by molar-refractivity contribution is 1.19. The van der Waals surface area contributed by atoms with Gasteiger partial charge in [0.05, 0.1) is 0 Å². The molecule has 0 heterocycles. The maximum absolute atomic E-state index is 5.36. The molecule has 2 rings (SSSR count). The fraction of sp³-hybridized carbons (Fsp3) is 0.0667. The summed E-state index contributed by atoms with van der Waals surface area (Å²) >= 11 is 0. The molecule has 0 aliphatic heterocycles. The molecule has 2 aromatic carbocycles. The van der Waals surface area contributed by atoms with E-state index < -0.39 is 0 Å². The summed E-state index contributed by atoms with van der Waals surface area (Å²) in [4.78, 5) is 0. The van der Waals surface area contributed by atoms with Crippen LogP contribution >= 0.6 is 0 Å². The van der Waals surface area contributed by atoms with Crippen LogP contribution < -0.4 is 0 Å². The number of rotatable bonds is 2. The molecule has 0 radical (unpaired) electrons. The van der Waals surface area contributed by atoms with Crippen LogP contribution in [-0.2, 0) is 6.42 Å². The second-order valence-corrected chi connectivity index (χ2v) is 3.51. The highest BCUT2D eigenvalue weighted by atomic mass is 14.0. The molecular weight excluding hydrogens is 180 g/mol. The maximum atomic E-state index is 5.36. The molecule has 72 valence electrons. The summed E-state index contributed by atoms with van der Waals surface area (Å²) in [6.07, 6.45) is 6.30. The summed E-state index contributed by atoms with van der Waals surface area (Å²) < 4.78 is 0. The predicted molar refractivity (Wildman–Crippen MR) is 63.6 cm³/mol. The van der Waals surface area contributed by atoms with Gasteiger partial charge in [-0.3, -0.25) is 0 Å². The van der Waals surface area contributed by atoms with Crippen LogP contribution in [0.4, 0.5) is 0 Å². The van der Waals surface area contributed by atoms with Crippen molar-refractivity contribution in [2.24, 2.45) is 0 Å². The van der Waals surface area contributed by atoms with Gasteiger partial charge in [-0.1, -0.05) is 48.4 Å². The zero-order chi connectivity index (χ0) is 10.5. The molecule has 0 heteroatoms. The Balaban J connectivity index is 2.22. The van der Waals surface area contributed by atoms with E-state index in [1.807, 2.05) is 18.2 Å². The topological polar surface area (TPSA) is 0 Å². The third-order valence-electron chi connectivity index (χ3n) is 2.34. The van der Waals surface area contributed by atoms with Crippen LogP contribution in [0.15, 0.2) is 54.6 Å². The van der Waals surface area contributed by atoms with Crippen LogP contribution in [0.25, 0.3) is 0 Å². The fourth-order valence-corrected chi connectivity index (χ4v) is 1.60. The molecule has 0 nitrogen and oxygen atoms in total. The van der Waals surface area contributed by atoms with Gasteiger partial charge in [0.1, 0.15) is 0 Å². The highest BCUT2D eigenvalue weighted by Crippen LogP contribution is 2.10. The van der Waals surface area contributed by atoms with E-state index in [-0.39, 0.29) is 0 Å². The van der Waals surface area contributed by atoms with Crippen molar-refractivity contribution >= 4 is 0 Å². The van der Waals surface area contributed by atoms with Crippen molar-refractivity contribution in [3.05, 3.63) is 71.3 Å². The molecule has 0 unspecified atom stereocenters. The lowest BCUT2D eigenvalue weighted by Gasteiger charge is -2.02. The summed E-state index contributed by atoms with van der Waals surface area (Å²) in [5, 5.41) is 0. The molecule has 0 fully saturated rings. The molecule has 0 N–H and O–H groups in total. The van der Waals surface area contributed by atoms with Crippen molar-refractivity contribution in [1.82, 2.24) is 0 Å². The third kappa shape index (κ3) is 2.48. The Morgan fingerprint density at radius 2 is 1.60 bits per heavy atom. The number of hydrogen-bond donors (Lipinski definition) is 0. The normalized spacial score (nSPS) is 9.53. The average molecular weight is 192 g/mol. The van der Waals surface area contributed by atoms with Gasteiger partial charge in [0.2, 0.25) is 0 Å². The predicted octanol–water partition coefficient (Wildman–Crippen LogP) is 3.26. The first kappa shape index (κ1) is 9.55. The van der Waals surface area contributed by atoms with E-state index in [4.69, 9.17) is 6.42 Å². The first-order chi connectivity index (χ1) is 7.38. The Labute approximate surface area is 90.6 Å². The zero-order valence-electron chi connectivity index (χ0n) is 8.48. The minimum absolute atomic E-state index is 0.941. The van der Waals surface area contributed by atoms with Crippen LogP contribution in [0.1, 0.15) is 16.7 Å². The molecule has 0 bridgehead atoms. The summed E-state index contributed by atoms with van der Waals surface area (Å²) in [7, 11) is 0. The Morgan fingerprint density at radius 3 is 2.33 bits per heavy atom. The van der Waals surface area contributed by atoms with Gasteiger partial charge < -0.3 is 0 Å². The molecule has 0 atom stereocenters. The van der Waals surface area contributed by atoms with Gasteiger partial charge in [0.15, 0.2) is 0 Å². The quantitative estimate of drug-likeness (QED) is 0.641. The van der Waals surface area contributed by atoms with Gasteiger partial charge in [0, 0.05) is 5.56 Å². The molecule has 0 aromatic heterocycles.